The zero-order chi connectivity index (χ0) is 28.2. The van der Waals surface area contributed by atoms with E-state index in [2.05, 4.69) is 10.1 Å². The normalized spacial score (nSPS) is 14.2. The summed E-state index contributed by atoms with van der Waals surface area (Å²) in [6.45, 7) is 0.862. The van der Waals surface area contributed by atoms with Crippen molar-refractivity contribution in [1.29, 1.82) is 0 Å². The Bertz CT molecular complexity index is 1070. The molecule has 0 spiro atoms. The van der Waals surface area contributed by atoms with Crippen LogP contribution in [-0.2, 0) is 33.2 Å². The number of nitrogens with zero attached hydrogens (tertiary/aromatic N) is 1. The minimum Gasteiger partial charge on any atom is -0.458 e. The predicted octanol–water partition coefficient (Wildman–Crippen LogP) is 5.93. The molecule has 1 N–H and O–H groups in total. The number of anilines is 1. The van der Waals surface area contributed by atoms with Crippen molar-refractivity contribution in [3.63, 3.8) is 0 Å². The molecule has 0 radical (unpaired) electrons. The molecule has 0 aliphatic rings. The molecule has 0 saturated carbocycles. The summed E-state index contributed by atoms with van der Waals surface area (Å²) in [5.41, 5.74) is -3.76. The third-order valence-corrected chi connectivity index (χ3v) is 5.22. The lowest BCUT2D eigenvalue weighted by Crippen LogP contribution is -2.35. The molecule has 2 aromatic carbocycles. The number of benzene rings is 2. The van der Waals surface area contributed by atoms with Gasteiger partial charge in [-0.05, 0) is 61.5 Å². The van der Waals surface area contributed by atoms with Gasteiger partial charge in [-0.2, -0.15) is 26.3 Å². The highest BCUT2D eigenvalue weighted by molar-refractivity contribution is 5.73. The fourth-order valence-electron chi connectivity index (χ4n) is 3.42. The lowest BCUT2D eigenvalue weighted by atomic mass is 9.96. The average Bonchev–Trinajstić information content (AvgIpc) is 2.76. The zero-order valence-corrected chi connectivity index (χ0v) is 19.0. The molecule has 0 aliphatic heterocycles. The topological polar surface area (TPSA) is 67.9 Å². The molecule has 0 fully saturated rings. The van der Waals surface area contributed by atoms with Crippen LogP contribution in [0.3, 0.4) is 0 Å². The summed E-state index contributed by atoms with van der Waals surface area (Å²) in [6.07, 6.45) is -16.7. The predicted molar refractivity (Wildman–Crippen MR) is 110 cm³/mol. The van der Waals surface area contributed by atoms with Crippen LogP contribution in [0.4, 0.5) is 45.2 Å². The monoisotopic (exact) mass is 546 g/mol. The Morgan fingerprint density at radius 2 is 1.49 bits per heavy atom. The molecule has 0 bridgehead atoms. The van der Waals surface area contributed by atoms with E-state index >= 15 is 0 Å². The van der Waals surface area contributed by atoms with Crippen molar-refractivity contribution < 1.29 is 58.6 Å². The molecular formula is C22H19F9N2O4. The van der Waals surface area contributed by atoms with Crippen molar-refractivity contribution in [3.8, 4) is 5.75 Å². The Morgan fingerprint density at radius 1 is 0.919 bits per heavy atom. The third-order valence-electron chi connectivity index (χ3n) is 5.22. The van der Waals surface area contributed by atoms with E-state index in [9.17, 15) is 49.1 Å². The minimum atomic E-state index is -5.15. The Kier molecular flexibility index (Phi) is 9.06. The van der Waals surface area contributed by atoms with E-state index in [4.69, 9.17) is 4.74 Å². The second-order valence-electron chi connectivity index (χ2n) is 7.78. The van der Waals surface area contributed by atoms with Gasteiger partial charge in [-0.3, -0.25) is 14.5 Å². The number of alkyl halides is 9. The first kappa shape index (κ1) is 29.7. The van der Waals surface area contributed by atoms with E-state index in [0.29, 0.717) is 12.1 Å². The van der Waals surface area contributed by atoms with E-state index in [0.717, 1.165) is 18.2 Å². The number of hydrogen-bond acceptors (Lipinski definition) is 5. The first-order valence-corrected chi connectivity index (χ1v) is 10.1. The first-order valence-electron chi connectivity index (χ1n) is 10.1. The van der Waals surface area contributed by atoms with Crippen LogP contribution in [0.15, 0.2) is 36.4 Å². The van der Waals surface area contributed by atoms with E-state index < -0.39 is 53.3 Å². The van der Waals surface area contributed by atoms with E-state index in [-0.39, 0.29) is 36.7 Å². The van der Waals surface area contributed by atoms with Gasteiger partial charge >= 0.3 is 18.7 Å². The van der Waals surface area contributed by atoms with Crippen LogP contribution in [-0.4, -0.2) is 37.2 Å². The zero-order valence-electron chi connectivity index (χ0n) is 19.0. The van der Waals surface area contributed by atoms with Gasteiger partial charge in [0, 0.05) is 18.3 Å². The van der Waals surface area contributed by atoms with Crippen molar-refractivity contribution in [2.75, 3.05) is 12.4 Å². The van der Waals surface area contributed by atoms with Crippen molar-refractivity contribution in [2.45, 2.75) is 44.3 Å². The molecule has 15 heteroatoms. The highest BCUT2D eigenvalue weighted by atomic mass is 19.4. The van der Waals surface area contributed by atoms with Crippen LogP contribution in [0.25, 0.3) is 0 Å². The number of hydrogen-bond donors (Lipinski definition) is 1. The van der Waals surface area contributed by atoms with Crippen LogP contribution in [0.1, 0.15) is 35.3 Å². The number of ether oxygens (including phenoxy) is 2. The van der Waals surface area contributed by atoms with Crippen LogP contribution in [0.2, 0.25) is 0 Å². The van der Waals surface area contributed by atoms with Crippen LogP contribution >= 0.6 is 0 Å². The number of amides is 1. The maximum Gasteiger partial charge on any atom is 0.573 e. The second-order valence-corrected chi connectivity index (χ2v) is 7.78. The molecule has 6 nitrogen and oxygen atoms in total. The van der Waals surface area contributed by atoms with Gasteiger partial charge in [-0.25, -0.2) is 0 Å². The number of nitrogens with one attached hydrogen (secondary N) is 1. The van der Waals surface area contributed by atoms with E-state index in [1.807, 2.05) is 0 Å². The Hall–Kier alpha value is -3.49. The molecule has 204 valence electrons. The lowest BCUT2D eigenvalue weighted by Gasteiger charge is -2.32. The van der Waals surface area contributed by atoms with Gasteiger partial charge in [0.25, 0.3) is 6.47 Å². The van der Waals surface area contributed by atoms with Gasteiger partial charge in [0.05, 0.1) is 11.1 Å². The molecule has 1 amide bonds. The van der Waals surface area contributed by atoms with Gasteiger partial charge in [0.1, 0.15) is 11.9 Å². The van der Waals surface area contributed by atoms with Gasteiger partial charge in [-0.1, -0.05) is 0 Å². The summed E-state index contributed by atoms with van der Waals surface area (Å²) in [6, 6.07) is 2.59. The molecule has 0 aliphatic carbocycles. The van der Waals surface area contributed by atoms with Crippen LogP contribution in [0, 0.1) is 0 Å². The summed E-state index contributed by atoms with van der Waals surface area (Å²) in [5, 5.41) is 2.26. The molecule has 37 heavy (non-hydrogen) atoms. The Labute approximate surface area is 203 Å². The molecule has 0 saturated heterocycles. The number of halogens is 9. The SMILES string of the molecule is CC(C(OC=O)c1cc(C(F)(F)F)cc(C(F)(F)F)c1)N(C)Cc1cc(OC(F)(F)F)ccc1NC=O. The highest BCUT2D eigenvalue weighted by Gasteiger charge is 2.39. The van der Waals surface area contributed by atoms with Crippen LogP contribution < -0.4 is 10.1 Å². The minimum absolute atomic E-state index is 0.0491. The number of likely N-dealkylation sites (N-methyl/N-ethyl adjacent to an activating group) is 1. The fraction of sp³-hybridized carbons (Fsp3) is 0.364. The third kappa shape index (κ3) is 8.27. The summed E-state index contributed by atoms with van der Waals surface area (Å²) < 4.78 is 126. The number of carbonyl (C=O) groups is 2. The molecular weight excluding hydrogens is 527 g/mol. The van der Waals surface area contributed by atoms with Crippen molar-refractivity contribution in [2.24, 2.45) is 0 Å². The molecule has 2 unspecified atom stereocenters. The number of carbonyl (C=O) groups excluding carboxylic acids is 2. The number of rotatable bonds is 10. The van der Waals surface area contributed by atoms with Gasteiger partial charge < -0.3 is 14.8 Å². The first-order chi connectivity index (χ1) is 17.0. The van der Waals surface area contributed by atoms with Crippen LogP contribution in [0.5, 0.6) is 5.75 Å². The summed E-state index contributed by atoms with van der Waals surface area (Å²) in [5.74, 6) is -0.645. The standard InChI is InChI=1S/C22H19F9N2O4/c1-12(33(2)9-14-7-17(37-22(29,30)31)3-4-18(14)32-10-34)19(36-11-35)13-5-15(20(23,24)25)8-16(6-13)21(26,27)28/h3-8,10-12,19H,9H2,1-2H3,(H,32,34). The van der Waals surface area contributed by atoms with Crippen molar-refractivity contribution >= 4 is 18.6 Å². The largest absolute Gasteiger partial charge is 0.573 e. The molecule has 2 rings (SSSR count). The molecule has 0 heterocycles. The maximum absolute atomic E-state index is 13.3. The molecule has 2 atom stereocenters. The second kappa shape index (κ2) is 11.3. The fourth-order valence-corrected chi connectivity index (χ4v) is 3.42. The van der Waals surface area contributed by atoms with Crippen molar-refractivity contribution in [1.82, 2.24) is 4.90 Å². The summed E-state index contributed by atoms with van der Waals surface area (Å²) in [7, 11) is 1.33. The summed E-state index contributed by atoms with van der Waals surface area (Å²) in [4.78, 5) is 23.3. The van der Waals surface area contributed by atoms with Gasteiger partial charge in [0.15, 0.2) is 0 Å². The van der Waals surface area contributed by atoms with Gasteiger partial charge in [0.2, 0.25) is 6.41 Å². The smallest absolute Gasteiger partial charge is 0.458 e. The summed E-state index contributed by atoms with van der Waals surface area (Å²) >= 11 is 0. The van der Waals surface area contributed by atoms with Crippen molar-refractivity contribution in [3.05, 3.63) is 58.7 Å². The molecule has 0 aromatic heterocycles. The average molecular weight is 546 g/mol. The van der Waals surface area contributed by atoms with Gasteiger partial charge in [-0.15, -0.1) is 13.2 Å². The highest BCUT2D eigenvalue weighted by Crippen LogP contribution is 2.39. The lowest BCUT2D eigenvalue weighted by molar-refractivity contribution is -0.274. The Balaban J connectivity index is 2.48. The van der Waals surface area contributed by atoms with E-state index in [1.54, 1.807) is 0 Å². The van der Waals surface area contributed by atoms with E-state index in [1.165, 1.54) is 18.9 Å². The molecule has 2 aromatic rings. The maximum atomic E-state index is 13.3. The Morgan fingerprint density at radius 3 is 1.95 bits per heavy atom. The quantitative estimate of drug-likeness (QED) is 0.296.